The van der Waals surface area contributed by atoms with Gasteiger partial charge in [0.1, 0.15) is 12.4 Å². The summed E-state index contributed by atoms with van der Waals surface area (Å²) in [5, 5.41) is 11.6. The van der Waals surface area contributed by atoms with Gasteiger partial charge in [-0.3, -0.25) is 9.36 Å². The zero-order valence-electron chi connectivity index (χ0n) is 16.5. The highest BCUT2D eigenvalue weighted by Gasteiger charge is 2.15. The van der Waals surface area contributed by atoms with Crippen LogP contribution >= 0.6 is 11.8 Å². The third-order valence-corrected chi connectivity index (χ3v) is 5.43. The van der Waals surface area contributed by atoms with E-state index >= 15 is 0 Å². The van der Waals surface area contributed by atoms with Gasteiger partial charge in [-0.05, 0) is 36.6 Å². The number of ether oxygens (including phenoxy) is 1. The van der Waals surface area contributed by atoms with Crippen molar-refractivity contribution in [2.24, 2.45) is 5.92 Å². The van der Waals surface area contributed by atoms with Crippen LogP contribution in [0.2, 0.25) is 0 Å². The fourth-order valence-corrected chi connectivity index (χ4v) is 3.82. The Balaban J connectivity index is 1.73. The molecule has 28 heavy (non-hydrogen) atoms. The van der Waals surface area contributed by atoms with Crippen LogP contribution in [0, 0.1) is 12.8 Å². The lowest BCUT2D eigenvalue weighted by Crippen LogP contribution is -2.26. The van der Waals surface area contributed by atoms with Crippen LogP contribution in [0.1, 0.15) is 19.4 Å². The van der Waals surface area contributed by atoms with Crippen molar-refractivity contribution in [3.05, 3.63) is 64.4 Å². The van der Waals surface area contributed by atoms with Crippen LogP contribution in [0.5, 0.6) is 5.75 Å². The Labute approximate surface area is 169 Å². The Hall–Kier alpha value is -2.31. The molecule has 0 aliphatic heterocycles. The van der Waals surface area contributed by atoms with Crippen molar-refractivity contribution in [2.75, 3.05) is 12.4 Å². The minimum absolute atomic E-state index is 0.0348. The topological polar surface area (TPSA) is 64.3 Å². The Kier molecular flexibility index (Phi) is 6.75. The molecule has 0 saturated carbocycles. The average molecular weight is 399 g/mol. The van der Waals surface area contributed by atoms with E-state index in [-0.39, 0.29) is 12.2 Å². The Morgan fingerprint density at radius 2 is 1.86 bits per heavy atom. The van der Waals surface area contributed by atoms with Crippen LogP contribution in [-0.4, -0.2) is 33.1 Å². The fourth-order valence-electron chi connectivity index (χ4n) is 2.91. The molecule has 1 N–H and O–H groups in total. The van der Waals surface area contributed by atoms with Gasteiger partial charge in [0.15, 0.2) is 5.16 Å². The first kappa shape index (κ1) is 20.4. The Morgan fingerprint density at radius 3 is 2.61 bits per heavy atom. The molecule has 148 valence electrons. The fraction of sp³-hybridized carbons (Fsp3) is 0.364. The smallest absolute Gasteiger partial charge is 0.262 e. The number of aliphatic hydroxyl groups excluding tert-OH is 1. The van der Waals surface area contributed by atoms with Gasteiger partial charge >= 0.3 is 0 Å². The van der Waals surface area contributed by atoms with E-state index in [1.165, 1.54) is 11.8 Å². The molecule has 0 aliphatic carbocycles. The zero-order chi connectivity index (χ0) is 20.1. The molecular weight excluding hydrogens is 372 g/mol. The largest absolute Gasteiger partial charge is 0.491 e. The third-order valence-electron chi connectivity index (χ3n) is 4.30. The molecule has 1 heterocycles. The number of benzene rings is 2. The van der Waals surface area contributed by atoms with Crippen LogP contribution in [-0.2, 0) is 6.54 Å². The minimum atomic E-state index is -0.666. The first-order valence-electron chi connectivity index (χ1n) is 9.44. The third kappa shape index (κ3) is 4.94. The van der Waals surface area contributed by atoms with Crippen molar-refractivity contribution < 1.29 is 9.84 Å². The van der Waals surface area contributed by atoms with E-state index in [2.05, 4.69) is 18.8 Å². The van der Waals surface area contributed by atoms with E-state index in [0.29, 0.717) is 34.3 Å². The van der Waals surface area contributed by atoms with Gasteiger partial charge < -0.3 is 9.84 Å². The van der Waals surface area contributed by atoms with E-state index in [1.807, 2.05) is 49.4 Å². The molecule has 0 amide bonds. The molecule has 0 aliphatic rings. The van der Waals surface area contributed by atoms with Crippen LogP contribution < -0.4 is 10.3 Å². The monoisotopic (exact) mass is 398 g/mol. The van der Waals surface area contributed by atoms with Gasteiger partial charge in [-0.15, -0.1) is 0 Å². The molecule has 0 unspecified atom stereocenters. The Morgan fingerprint density at radius 1 is 1.14 bits per heavy atom. The highest BCUT2D eigenvalue weighted by Crippen LogP contribution is 2.21. The SMILES string of the molecule is Cc1ccccc1OC[C@@H](O)CSc1nc2ccccc2c(=O)n1CC(C)C. The maximum atomic E-state index is 12.9. The van der Waals surface area contributed by atoms with Gasteiger partial charge in [0, 0.05) is 12.3 Å². The first-order valence-corrected chi connectivity index (χ1v) is 10.4. The van der Waals surface area contributed by atoms with Gasteiger partial charge in [0.2, 0.25) is 0 Å². The lowest BCUT2D eigenvalue weighted by atomic mass is 10.2. The number of para-hydroxylation sites is 2. The first-order chi connectivity index (χ1) is 13.5. The van der Waals surface area contributed by atoms with Crippen molar-refractivity contribution in [2.45, 2.75) is 38.6 Å². The van der Waals surface area contributed by atoms with Gasteiger partial charge in [-0.1, -0.05) is 55.9 Å². The molecular formula is C22H26N2O3S. The number of rotatable bonds is 8. The van der Waals surface area contributed by atoms with Crippen LogP contribution in [0.15, 0.2) is 58.5 Å². The van der Waals surface area contributed by atoms with Crippen LogP contribution in [0.25, 0.3) is 10.9 Å². The normalized spacial score (nSPS) is 12.5. The molecule has 5 nitrogen and oxygen atoms in total. The van der Waals surface area contributed by atoms with Gasteiger partial charge in [-0.2, -0.15) is 0 Å². The second-order valence-corrected chi connectivity index (χ2v) is 8.25. The van der Waals surface area contributed by atoms with E-state index in [0.717, 1.165) is 11.3 Å². The summed E-state index contributed by atoms with van der Waals surface area (Å²) >= 11 is 1.39. The van der Waals surface area contributed by atoms with Crippen molar-refractivity contribution in [3.8, 4) is 5.75 Å². The van der Waals surface area contributed by atoms with Crippen molar-refractivity contribution in [1.29, 1.82) is 0 Å². The van der Waals surface area contributed by atoms with E-state index in [9.17, 15) is 9.90 Å². The lowest BCUT2D eigenvalue weighted by Gasteiger charge is -2.17. The summed E-state index contributed by atoms with van der Waals surface area (Å²) in [6, 6.07) is 15.1. The number of aryl methyl sites for hydroxylation is 1. The quantitative estimate of drug-likeness (QED) is 0.461. The molecule has 0 radical (unpaired) electrons. The Bertz CT molecular complexity index is 1000. The van der Waals surface area contributed by atoms with Crippen LogP contribution in [0.3, 0.4) is 0 Å². The van der Waals surface area contributed by atoms with E-state index < -0.39 is 6.10 Å². The summed E-state index contributed by atoms with van der Waals surface area (Å²) in [5.74, 6) is 1.48. The maximum absolute atomic E-state index is 12.9. The summed E-state index contributed by atoms with van der Waals surface area (Å²) < 4.78 is 7.44. The highest BCUT2D eigenvalue weighted by atomic mass is 32.2. The molecule has 0 bridgehead atoms. The van der Waals surface area contributed by atoms with Crippen molar-refractivity contribution in [1.82, 2.24) is 9.55 Å². The summed E-state index contributed by atoms with van der Waals surface area (Å²) in [7, 11) is 0. The van der Waals surface area contributed by atoms with Gasteiger partial charge in [0.25, 0.3) is 5.56 Å². The summed E-state index contributed by atoms with van der Waals surface area (Å²) in [6.07, 6.45) is -0.666. The highest BCUT2D eigenvalue weighted by molar-refractivity contribution is 7.99. The molecule has 3 rings (SSSR count). The predicted molar refractivity (Wildman–Crippen MR) is 114 cm³/mol. The second-order valence-electron chi connectivity index (χ2n) is 7.26. The van der Waals surface area contributed by atoms with E-state index in [1.54, 1.807) is 10.6 Å². The molecule has 1 aromatic heterocycles. The van der Waals surface area contributed by atoms with E-state index in [4.69, 9.17) is 4.74 Å². The molecule has 0 spiro atoms. The molecule has 0 saturated heterocycles. The number of thioether (sulfide) groups is 1. The average Bonchev–Trinajstić information content (AvgIpc) is 2.68. The minimum Gasteiger partial charge on any atom is -0.491 e. The maximum Gasteiger partial charge on any atom is 0.262 e. The standard InChI is InChI=1S/C22H26N2O3S/c1-15(2)12-24-21(26)18-9-5-6-10-19(18)23-22(24)28-14-17(25)13-27-20-11-7-4-8-16(20)3/h4-11,15,17,25H,12-14H2,1-3H3/t17-/m1/s1. The summed E-state index contributed by atoms with van der Waals surface area (Å²) in [4.78, 5) is 17.6. The van der Waals surface area contributed by atoms with Crippen molar-refractivity contribution in [3.63, 3.8) is 0 Å². The lowest BCUT2D eigenvalue weighted by molar-refractivity contribution is 0.126. The van der Waals surface area contributed by atoms with Crippen molar-refractivity contribution >= 4 is 22.7 Å². The summed E-state index contributed by atoms with van der Waals surface area (Å²) in [5.41, 5.74) is 1.68. The molecule has 3 aromatic rings. The number of aliphatic hydroxyl groups is 1. The van der Waals surface area contributed by atoms with Gasteiger partial charge in [-0.25, -0.2) is 4.98 Å². The molecule has 2 aromatic carbocycles. The molecule has 6 heteroatoms. The predicted octanol–water partition coefficient (Wildman–Crippen LogP) is 3.89. The summed E-state index contributed by atoms with van der Waals surface area (Å²) in [6.45, 7) is 6.90. The molecule has 1 atom stereocenters. The van der Waals surface area contributed by atoms with Gasteiger partial charge in [0.05, 0.1) is 17.0 Å². The second kappa shape index (κ2) is 9.26. The number of hydrogen-bond donors (Lipinski definition) is 1. The molecule has 0 fully saturated rings. The number of fused-ring (bicyclic) bond motifs is 1. The van der Waals surface area contributed by atoms with Crippen LogP contribution in [0.4, 0.5) is 0 Å². The zero-order valence-corrected chi connectivity index (χ0v) is 17.3. The number of hydrogen-bond acceptors (Lipinski definition) is 5. The number of aromatic nitrogens is 2. The number of nitrogens with zero attached hydrogens (tertiary/aromatic N) is 2.